The molecule has 3 nitrogen and oxygen atoms in total. The third-order valence-corrected chi connectivity index (χ3v) is 3.21. The Labute approximate surface area is 120 Å². The molecule has 0 aliphatic heterocycles. The topological polar surface area (TPSA) is 42.4 Å². The Kier molecular flexibility index (Phi) is 5.13. The van der Waals surface area contributed by atoms with Gasteiger partial charge in [0.05, 0.1) is 6.10 Å². The van der Waals surface area contributed by atoms with Gasteiger partial charge in [0.25, 0.3) is 0 Å². The molecule has 0 saturated carbocycles. The highest BCUT2D eigenvalue weighted by molar-refractivity contribution is 5.31. The van der Waals surface area contributed by atoms with Crippen LogP contribution in [0.5, 0.6) is 11.6 Å². The number of aromatic nitrogens is 1. The molecule has 0 fully saturated rings. The quantitative estimate of drug-likeness (QED) is 0.853. The van der Waals surface area contributed by atoms with E-state index in [4.69, 9.17) is 4.74 Å². The van der Waals surface area contributed by atoms with Crippen molar-refractivity contribution >= 4 is 0 Å². The zero-order chi connectivity index (χ0) is 14.4. The van der Waals surface area contributed by atoms with Crippen molar-refractivity contribution in [2.75, 3.05) is 0 Å². The van der Waals surface area contributed by atoms with Crippen molar-refractivity contribution in [3.05, 3.63) is 53.7 Å². The fraction of sp³-hybridized carbons (Fsp3) is 0.353. The van der Waals surface area contributed by atoms with Crippen molar-refractivity contribution in [2.45, 2.75) is 39.2 Å². The summed E-state index contributed by atoms with van der Waals surface area (Å²) in [6.07, 6.45) is 4.66. The lowest BCUT2D eigenvalue weighted by Crippen LogP contribution is -1.94. The van der Waals surface area contributed by atoms with Gasteiger partial charge in [0.1, 0.15) is 5.75 Å². The first-order chi connectivity index (χ1) is 9.69. The molecule has 0 bridgehead atoms. The molecule has 106 valence electrons. The number of unbranched alkanes of at least 4 members (excludes halogenated alkanes) is 1. The third-order valence-electron chi connectivity index (χ3n) is 3.21. The standard InChI is InChI=1S/C17H21NO2/c1-3-4-5-14-6-9-16(10-7-14)20-17-11-8-15(12-18-17)13(2)19/h6-13,19H,3-5H2,1-2H3/t13-/m0/s1. The Morgan fingerprint density at radius 3 is 2.45 bits per heavy atom. The number of ether oxygens (including phenoxy) is 1. The first-order valence-corrected chi connectivity index (χ1v) is 7.10. The summed E-state index contributed by atoms with van der Waals surface area (Å²) in [7, 11) is 0. The molecule has 0 radical (unpaired) electrons. The van der Waals surface area contributed by atoms with Gasteiger partial charge in [0.15, 0.2) is 0 Å². The Morgan fingerprint density at radius 2 is 1.90 bits per heavy atom. The van der Waals surface area contributed by atoms with E-state index in [9.17, 15) is 5.11 Å². The lowest BCUT2D eigenvalue weighted by molar-refractivity contribution is 0.198. The number of aliphatic hydroxyl groups excluding tert-OH is 1. The maximum Gasteiger partial charge on any atom is 0.219 e. The fourth-order valence-electron chi connectivity index (χ4n) is 1.93. The van der Waals surface area contributed by atoms with Crippen molar-refractivity contribution in [1.82, 2.24) is 4.98 Å². The van der Waals surface area contributed by atoms with Crippen molar-refractivity contribution in [2.24, 2.45) is 0 Å². The minimum absolute atomic E-state index is 0.505. The summed E-state index contributed by atoms with van der Waals surface area (Å²) in [5.74, 6) is 1.32. The number of nitrogens with zero attached hydrogens (tertiary/aromatic N) is 1. The number of aryl methyl sites for hydroxylation is 1. The normalized spacial score (nSPS) is 12.2. The second kappa shape index (κ2) is 7.06. The van der Waals surface area contributed by atoms with Gasteiger partial charge in [-0.05, 0) is 49.1 Å². The molecule has 2 aromatic rings. The van der Waals surface area contributed by atoms with Crippen molar-refractivity contribution in [3.8, 4) is 11.6 Å². The molecule has 3 heteroatoms. The van der Waals surface area contributed by atoms with Crippen LogP contribution < -0.4 is 4.74 Å². The van der Waals surface area contributed by atoms with Crippen LogP contribution >= 0.6 is 0 Å². The summed E-state index contributed by atoms with van der Waals surface area (Å²) in [5.41, 5.74) is 2.11. The molecular weight excluding hydrogens is 250 g/mol. The van der Waals surface area contributed by atoms with Gasteiger partial charge >= 0.3 is 0 Å². The first-order valence-electron chi connectivity index (χ1n) is 7.10. The predicted octanol–water partition coefficient (Wildman–Crippen LogP) is 4.27. The third kappa shape index (κ3) is 4.07. The molecule has 0 amide bonds. The molecule has 1 N–H and O–H groups in total. The minimum Gasteiger partial charge on any atom is -0.439 e. The Bertz CT molecular complexity index is 518. The SMILES string of the molecule is CCCCc1ccc(Oc2ccc([C@H](C)O)cn2)cc1. The molecule has 1 aromatic heterocycles. The van der Waals surface area contributed by atoms with Gasteiger partial charge < -0.3 is 9.84 Å². The van der Waals surface area contributed by atoms with Gasteiger partial charge in [0.2, 0.25) is 5.88 Å². The van der Waals surface area contributed by atoms with Gasteiger partial charge in [-0.25, -0.2) is 4.98 Å². The Morgan fingerprint density at radius 1 is 1.15 bits per heavy atom. The highest BCUT2D eigenvalue weighted by Gasteiger charge is 2.03. The van der Waals surface area contributed by atoms with Crippen LogP contribution in [0.25, 0.3) is 0 Å². The fourth-order valence-corrected chi connectivity index (χ4v) is 1.93. The number of hydrogen-bond donors (Lipinski definition) is 1. The maximum atomic E-state index is 9.42. The van der Waals surface area contributed by atoms with E-state index < -0.39 is 6.10 Å². The second-order valence-electron chi connectivity index (χ2n) is 4.96. The summed E-state index contributed by atoms with van der Waals surface area (Å²) in [6, 6.07) is 11.7. The summed E-state index contributed by atoms with van der Waals surface area (Å²) >= 11 is 0. The van der Waals surface area contributed by atoms with Crippen LogP contribution in [0.4, 0.5) is 0 Å². The van der Waals surface area contributed by atoms with Crippen molar-refractivity contribution in [3.63, 3.8) is 0 Å². The van der Waals surface area contributed by atoms with Gasteiger partial charge in [0, 0.05) is 12.3 Å². The van der Waals surface area contributed by atoms with E-state index in [0.717, 1.165) is 17.7 Å². The molecule has 0 aliphatic rings. The zero-order valence-electron chi connectivity index (χ0n) is 12.0. The van der Waals surface area contributed by atoms with Gasteiger partial charge in [-0.2, -0.15) is 0 Å². The minimum atomic E-state index is -0.505. The molecule has 1 aromatic carbocycles. The van der Waals surface area contributed by atoms with E-state index in [0.29, 0.717) is 5.88 Å². The van der Waals surface area contributed by atoms with Crippen LogP contribution in [0.1, 0.15) is 43.9 Å². The van der Waals surface area contributed by atoms with Crippen LogP contribution in [-0.2, 0) is 6.42 Å². The summed E-state index contributed by atoms with van der Waals surface area (Å²) in [6.45, 7) is 3.91. The van der Waals surface area contributed by atoms with E-state index in [-0.39, 0.29) is 0 Å². The van der Waals surface area contributed by atoms with Crippen LogP contribution in [0.15, 0.2) is 42.6 Å². The molecule has 1 heterocycles. The maximum absolute atomic E-state index is 9.42. The van der Waals surface area contributed by atoms with E-state index >= 15 is 0 Å². The van der Waals surface area contributed by atoms with E-state index in [1.807, 2.05) is 18.2 Å². The van der Waals surface area contributed by atoms with Crippen LogP contribution in [0.2, 0.25) is 0 Å². The monoisotopic (exact) mass is 271 g/mol. The summed E-state index contributed by atoms with van der Waals surface area (Å²) < 4.78 is 5.68. The van der Waals surface area contributed by atoms with Gasteiger partial charge in [-0.15, -0.1) is 0 Å². The number of benzene rings is 1. The number of pyridine rings is 1. The van der Waals surface area contributed by atoms with E-state index in [1.54, 1.807) is 19.2 Å². The molecule has 20 heavy (non-hydrogen) atoms. The molecule has 0 saturated heterocycles. The van der Waals surface area contributed by atoms with E-state index in [2.05, 4.69) is 24.0 Å². The smallest absolute Gasteiger partial charge is 0.219 e. The molecular formula is C17H21NO2. The van der Waals surface area contributed by atoms with Crippen molar-refractivity contribution < 1.29 is 9.84 Å². The lowest BCUT2D eigenvalue weighted by atomic mass is 10.1. The average Bonchev–Trinajstić information content (AvgIpc) is 2.47. The number of rotatable bonds is 6. The predicted molar refractivity (Wildman–Crippen MR) is 80.0 cm³/mol. The molecule has 0 aliphatic carbocycles. The number of hydrogen-bond acceptors (Lipinski definition) is 3. The molecule has 2 rings (SSSR count). The lowest BCUT2D eigenvalue weighted by Gasteiger charge is -2.08. The number of aliphatic hydroxyl groups is 1. The largest absolute Gasteiger partial charge is 0.439 e. The highest BCUT2D eigenvalue weighted by atomic mass is 16.5. The highest BCUT2D eigenvalue weighted by Crippen LogP contribution is 2.21. The van der Waals surface area contributed by atoms with Gasteiger partial charge in [-0.1, -0.05) is 25.5 Å². The first kappa shape index (κ1) is 14.5. The second-order valence-corrected chi connectivity index (χ2v) is 4.96. The zero-order valence-corrected chi connectivity index (χ0v) is 12.0. The van der Waals surface area contributed by atoms with Crippen LogP contribution in [0, 0.1) is 0 Å². The molecule has 0 unspecified atom stereocenters. The van der Waals surface area contributed by atoms with Crippen LogP contribution in [0.3, 0.4) is 0 Å². The van der Waals surface area contributed by atoms with Crippen LogP contribution in [-0.4, -0.2) is 10.1 Å². The molecule has 0 spiro atoms. The summed E-state index contributed by atoms with van der Waals surface area (Å²) in [4.78, 5) is 4.19. The summed E-state index contributed by atoms with van der Waals surface area (Å²) in [5, 5.41) is 9.42. The van der Waals surface area contributed by atoms with Gasteiger partial charge in [-0.3, -0.25) is 0 Å². The van der Waals surface area contributed by atoms with Crippen molar-refractivity contribution in [1.29, 1.82) is 0 Å². The molecule has 1 atom stereocenters. The Hall–Kier alpha value is -1.87. The average molecular weight is 271 g/mol. The Balaban J connectivity index is 1.98. The van der Waals surface area contributed by atoms with E-state index in [1.165, 1.54) is 18.4 Å².